The van der Waals surface area contributed by atoms with E-state index in [2.05, 4.69) is 0 Å². The van der Waals surface area contributed by atoms with Gasteiger partial charge in [0.2, 0.25) is 0 Å². The third kappa shape index (κ3) is 110. The number of rotatable bonds is 0. The molecule has 0 rings (SSSR count). The van der Waals surface area contributed by atoms with Crippen LogP contribution in [0.4, 0.5) is 0 Å². The molecule has 32 valence electrons. The predicted molar refractivity (Wildman–Crippen MR) is 8.50 cm³/mol. The van der Waals surface area contributed by atoms with Crippen LogP contribution in [-0.4, -0.2) is 9.29 Å². The van der Waals surface area contributed by atoms with E-state index in [1.54, 1.807) is 0 Å². The molecule has 0 heterocycles. The van der Waals surface area contributed by atoms with E-state index in [9.17, 15) is 0 Å². The Morgan fingerprint density at radius 3 is 1.17 bits per heavy atom. The van der Waals surface area contributed by atoms with Crippen molar-refractivity contribution in [2.45, 2.75) is 0 Å². The summed E-state index contributed by atoms with van der Waals surface area (Å²) in [4.78, 5) is 0. The number of hydrogen-bond donors (Lipinski definition) is 0. The van der Waals surface area contributed by atoms with Gasteiger partial charge in [-0.3, -0.25) is 8.92 Å². The van der Waals surface area contributed by atoms with Gasteiger partial charge in [0.05, 0.1) is 0 Å². The molecule has 0 aliphatic heterocycles. The van der Waals surface area contributed by atoms with E-state index in [-0.39, 0.29) is 0 Å². The molecule has 0 aromatic carbocycles. The quantitative estimate of drug-likeness (QED) is 0.510. The summed E-state index contributed by atoms with van der Waals surface area (Å²) >= 11 is -2.42. The minimum absolute atomic E-state index is 1.42. The van der Waals surface area contributed by atoms with Crippen LogP contribution in [0.1, 0.15) is 0 Å². The molecule has 0 aliphatic rings. The van der Waals surface area contributed by atoms with Gasteiger partial charge in [0.25, 0.3) is 0 Å². The van der Waals surface area contributed by atoms with Crippen molar-refractivity contribution in [2.24, 2.45) is 0 Å². The normalized spacial score (nSPS) is 2.67. The zero-order chi connectivity index (χ0) is 5.41. The maximum absolute atomic E-state index is 8.57. The van der Waals surface area contributed by atoms with Gasteiger partial charge < -0.3 is 0 Å². The SMILES string of the molecule is O=[Si]=O.[O]=[Ce]=[O]. The predicted octanol–water partition coefficient (Wildman–Crippen LogP) is -0.856. The Kier molecular flexibility index (Phi) is 28.2. The third-order valence-corrected chi connectivity index (χ3v) is 0. The van der Waals surface area contributed by atoms with E-state index in [0.29, 0.717) is 0 Å². The molecule has 0 amide bonds. The first-order chi connectivity index (χ1) is 2.83. The fourth-order valence-corrected chi connectivity index (χ4v) is 0. The molecule has 0 N–H and O–H groups in total. The average molecular weight is 232 g/mol. The van der Waals surface area contributed by atoms with Gasteiger partial charge in [0.15, 0.2) is 0 Å². The molecular weight excluding hydrogens is 232 g/mol. The van der Waals surface area contributed by atoms with Crippen molar-refractivity contribution < 1.29 is 48.6 Å². The fourth-order valence-electron chi connectivity index (χ4n) is 0. The van der Waals surface area contributed by atoms with Crippen LogP contribution in [0.3, 0.4) is 0 Å². The summed E-state index contributed by atoms with van der Waals surface area (Å²) in [6.45, 7) is 0. The Morgan fingerprint density at radius 1 is 1.17 bits per heavy atom. The second-order valence-corrected chi connectivity index (χ2v) is 0.857. The first-order valence-corrected chi connectivity index (χ1v) is 4.20. The molecule has 0 unspecified atom stereocenters. The van der Waals surface area contributed by atoms with Crippen LogP contribution in [0.2, 0.25) is 0 Å². The van der Waals surface area contributed by atoms with Crippen molar-refractivity contribution in [1.29, 1.82) is 0 Å². The molecule has 4 nitrogen and oxygen atoms in total. The van der Waals surface area contributed by atoms with Crippen molar-refractivity contribution in [3.05, 3.63) is 0 Å². The fraction of sp³-hybridized carbons (Fsp3) is 0. The van der Waals surface area contributed by atoms with E-state index in [1.165, 1.54) is 0 Å². The Morgan fingerprint density at radius 2 is 1.17 bits per heavy atom. The van der Waals surface area contributed by atoms with E-state index < -0.39 is 47.1 Å². The van der Waals surface area contributed by atoms with Crippen LogP contribution in [0, 0.1) is 37.8 Å². The number of hydrogen-bond acceptors (Lipinski definition) is 4. The van der Waals surface area contributed by atoms with Gasteiger partial charge in [-0.2, -0.15) is 0 Å². The third-order valence-electron chi connectivity index (χ3n) is 0. The topological polar surface area (TPSA) is 68.3 Å². The second kappa shape index (κ2) is 17.1. The Hall–Kier alpha value is 0.794. The molecule has 0 aromatic heterocycles. The van der Waals surface area contributed by atoms with Gasteiger partial charge >= 0.3 is 49.0 Å². The molecule has 0 saturated carbocycles. The van der Waals surface area contributed by atoms with Crippen molar-refractivity contribution in [3.8, 4) is 0 Å². The Bertz CT molecular complexity index is 61.5. The zero-order valence-electron chi connectivity index (χ0n) is 2.63. The first-order valence-electron chi connectivity index (χ1n) is 0.816. The molecule has 0 saturated heterocycles. The maximum atomic E-state index is 8.57. The van der Waals surface area contributed by atoms with E-state index in [1.807, 2.05) is 0 Å². The molecule has 0 fully saturated rings. The molecule has 0 bridgehead atoms. The standard InChI is InChI=1S/Ce.O2Si.2O/c;1-3-2;;. The molecule has 6 heteroatoms. The van der Waals surface area contributed by atoms with E-state index >= 15 is 0 Å². The Labute approximate surface area is 57.2 Å². The van der Waals surface area contributed by atoms with Crippen LogP contribution in [0.15, 0.2) is 0 Å². The van der Waals surface area contributed by atoms with Crippen LogP contribution >= 0.6 is 0 Å². The van der Waals surface area contributed by atoms with Gasteiger partial charge in [0.1, 0.15) is 0 Å². The van der Waals surface area contributed by atoms with Crippen LogP contribution in [-0.2, 0) is 10.8 Å². The van der Waals surface area contributed by atoms with E-state index in [4.69, 9.17) is 10.8 Å². The van der Waals surface area contributed by atoms with Crippen molar-refractivity contribution in [2.75, 3.05) is 0 Å². The minimum atomic E-state index is -2.42. The summed E-state index contributed by atoms with van der Waals surface area (Å²) in [5.41, 5.74) is 0. The molecule has 0 radical (unpaired) electrons. The first kappa shape index (κ1) is 9.92. The van der Waals surface area contributed by atoms with Crippen molar-refractivity contribution >= 4 is 9.29 Å². The van der Waals surface area contributed by atoms with E-state index in [0.717, 1.165) is 0 Å². The van der Waals surface area contributed by atoms with Gasteiger partial charge in [0, 0.05) is 0 Å². The summed E-state index contributed by atoms with van der Waals surface area (Å²) < 4.78 is 33.9. The van der Waals surface area contributed by atoms with Gasteiger partial charge in [-0.05, 0) is 0 Å². The molecule has 0 aliphatic carbocycles. The second-order valence-electron chi connectivity index (χ2n) is 0.167. The summed E-state index contributed by atoms with van der Waals surface area (Å²) in [5, 5.41) is 0. The molecule has 0 spiro atoms. The van der Waals surface area contributed by atoms with Gasteiger partial charge in [-0.1, -0.05) is 0 Å². The van der Waals surface area contributed by atoms with Gasteiger partial charge in [-0.15, -0.1) is 0 Å². The van der Waals surface area contributed by atoms with Gasteiger partial charge in [-0.25, -0.2) is 0 Å². The molecule has 6 heavy (non-hydrogen) atoms. The summed E-state index contributed by atoms with van der Waals surface area (Å²) in [6.07, 6.45) is 0. The summed E-state index contributed by atoms with van der Waals surface area (Å²) in [6, 6.07) is 0. The zero-order valence-corrected chi connectivity index (χ0v) is 6.77. The molecule has 0 atom stereocenters. The average Bonchev–Trinajstić information content (AvgIpc) is 1.39. The van der Waals surface area contributed by atoms with Crippen LogP contribution in [0.5, 0.6) is 0 Å². The van der Waals surface area contributed by atoms with Crippen LogP contribution < -0.4 is 0 Å². The van der Waals surface area contributed by atoms with Crippen molar-refractivity contribution in [3.63, 3.8) is 0 Å². The van der Waals surface area contributed by atoms with Crippen LogP contribution in [0.25, 0.3) is 0 Å². The summed E-state index contributed by atoms with van der Waals surface area (Å²) in [7, 11) is -1.42. The Balaban J connectivity index is 0. The monoisotopic (exact) mass is 232 g/mol. The molecule has 0 aromatic rings. The van der Waals surface area contributed by atoms with Crippen molar-refractivity contribution in [1.82, 2.24) is 0 Å². The molecular formula is CeO4Si. The summed E-state index contributed by atoms with van der Waals surface area (Å²) in [5.74, 6) is 0.